The molecule has 2 N–H and O–H groups in total. The third-order valence-corrected chi connectivity index (χ3v) is 7.93. The number of esters is 2. The third-order valence-electron chi connectivity index (χ3n) is 7.93. The summed E-state index contributed by atoms with van der Waals surface area (Å²) in [6.45, 7) is 9.00. The summed E-state index contributed by atoms with van der Waals surface area (Å²) in [7, 11) is 0. The Morgan fingerprint density at radius 2 is 1.11 bits per heavy atom. The number of hydrogen-bond donors (Lipinski definition) is 2. The zero-order chi connectivity index (χ0) is 32.3. The molecule has 0 aromatic rings. The van der Waals surface area contributed by atoms with Gasteiger partial charge >= 0.3 is 11.9 Å². The van der Waals surface area contributed by atoms with Crippen LogP contribution in [0.4, 0.5) is 0 Å². The van der Waals surface area contributed by atoms with Gasteiger partial charge in [-0.1, -0.05) is 117 Å². The van der Waals surface area contributed by atoms with Gasteiger partial charge in [-0.3, -0.25) is 9.59 Å². The van der Waals surface area contributed by atoms with Gasteiger partial charge in [0.2, 0.25) is 0 Å². The van der Waals surface area contributed by atoms with Gasteiger partial charge in [-0.15, -0.1) is 0 Å². The minimum absolute atomic E-state index is 0.0209. The third kappa shape index (κ3) is 24.0. The van der Waals surface area contributed by atoms with Gasteiger partial charge in [-0.25, -0.2) is 0 Å². The van der Waals surface area contributed by atoms with Crippen molar-refractivity contribution in [2.45, 2.75) is 180 Å². The minimum atomic E-state index is -0.998. The molecule has 0 spiro atoms. The molecule has 0 saturated carbocycles. The molecule has 9 nitrogen and oxygen atoms in total. The number of aliphatic hydroxyl groups is 2. The SMILES string of the molecule is C1CO1.CC1CO1.CCCCCCCCCCCC(=O)O[C@H]1[C@@H]([C@@H](CO)OC(=O)CCCCCCCCCCC)OC[C@@H]1O. The van der Waals surface area contributed by atoms with Crippen LogP contribution < -0.4 is 0 Å². The molecule has 0 aromatic heterocycles. The molecule has 44 heavy (non-hydrogen) atoms. The van der Waals surface area contributed by atoms with Gasteiger partial charge in [0, 0.05) is 12.8 Å². The monoisotopic (exact) mass is 630 g/mol. The van der Waals surface area contributed by atoms with Crippen LogP contribution in [0, 0.1) is 0 Å². The first-order valence-corrected chi connectivity index (χ1v) is 17.9. The Hall–Kier alpha value is -1.26. The average Bonchev–Trinajstić information content (AvgIpc) is 3.96. The first kappa shape index (κ1) is 40.8. The fraction of sp³-hybridized carbons (Fsp3) is 0.943. The Kier molecular flexibility index (Phi) is 25.9. The van der Waals surface area contributed by atoms with Crippen LogP contribution in [0.15, 0.2) is 0 Å². The summed E-state index contributed by atoms with van der Waals surface area (Å²) < 4.78 is 25.7. The lowest BCUT2D eigenvalue weighted by molar-refractivity contribution is -0.171. The molecule has 3 rings (SSSR count). The largest absolute Gasteiger partial charge is 0.457 e. The van der Waals surface area contributed by atoms with E-state index in [1.807, 2.05) is 0 Å². The van der Waals surface area contributed by atoms with E-state index in [2.05, 4.69) is 25.5 Å². The molecule has 0 aliphatic carbocycles. The first-order valence-electron chi connectivity index (χ1n) is 17.9. The lowest BCUT2D eigenvalue weighted by Gasteiger charge is -2.27. The Balaban J connectivity index is 0.00000120. The Bertz CT molecular complexity index is 680. The maximum absolute atomic E-state index is 12.4. The van der Waals surface area contributed by atoms with E-state index in [0.717, 1.165) is 58.3 Å². The standard InChI is InChI=1S/C30H56O7.C3H6O.C2H4O/c1-3-5-7-9-11-13-15-17-19-21-27(33)36-26(23-31)30-29(25(32)24-35-30)37-28(34)22-20-18-16-14-12-10-8-6-4-2;1-3-2-4-3;1-2-3-1/h25-26,29-32H,3-24H2,1-2H3;3H,2H2,1H3;1-2H2/t25-,26+,29+,30+;;/m0../s1. The summed E-state index contributed by atoms with van der Waals surface area (Å²) in [4.78, 5) is 24.7. The molecular formula is C35H66O9. The van der Waals surface area contributed by atoms with Gasteiger partial charge in [0.25, 0.3) is 0 Å². The van der Waals surface area contributed by atoms with E-state index in [1.54, 1.807) is 0 Å². The van der Waals surface area contributed by atoms with Crippen molar-refractivity contribution in [2.24, 2.45) is 0 Å². The molecule has 0 amide bonds. The van der Waals surface area contributed by atoms with Crippen LogP contribution in [0.1, 0.15) is 149 Å². The zero-order valence-electron chi connectivity index (χ0n) is 28.3. The molecule has 3 saturated heterocycles. The van der Waals surface area contributed by atoms with E-state index in [-0.39, 0.29) is 25.4 Å². The van der Waals surface area contributed by atoms with Gasteiger partial charge in [0.1, 0.15) is 12.2 Å². The minimum Gasteiger partial charge on any atom is -0.457 e. The van der Waals surface area contributed by atoms with Gasteiger partial charge in [0.05, 0.1) is 39.1 Å². The number of aliphatic hydroxyl groups excluding tert-OH is 2. The molecule has 0 radical (unpaired) electrons. The molecule has 3 heterocycles. The lowest BCUT2D eigenvalue weighted by atomic mass is 10.1. The fourth-order valence-corrected chi connectivity index (χ4v) is 4.99. The van der Waals surface area contributed by atoms with Crippen molar-refractivity contribution in [3.05, 3.63) is 0 Å². The highest BCUT2D eigenvalue weighted by molar-refractivity contribution is 5.70. The summed E-state index contributed by atoms with van der Waals surface area (Å²) in [6.07, 6.45) is 18.2. The highest BCUT2D eigenvalue weighted by atomic mass is 16.6. The smallest absolute Gasteiger partial charge is 0.306 e. The summed E-state index contributed by atoms with van der Waals surface area (Å²) in [5, 5.41) is 20.1. The highest BCUT2D eigenvalue weighted by Crippen LogP contribution is 2.24. The average molecular weight is 631 g/mol. The van der Waals surface area contributed by atoms with Crippen LogP contribution in [0.25, 0.3) is 0 Å². The molecule has 260 valence electrons. The van der Waals surface area contributed by atoms with Gasteiger partial charge in [-0.2, -0.15) is 0 Å². The van der Waals surface area contributed by atoms with Crippen LogP contribution >= 0.6 is 0 Å². The van der Waals surface area contributed by atoms with Crippen molar-refractivity contribution < 1.29 is 43.5 Å². The summed E-state index contributed by atoms with van der Waals surface area (Å²) in [5.41, 5.74) is 0. The molecular weight excluding hydrogens is 564 g/mol. The molecule has 1 unspecified atom stereocenters. The van der Waals surface area contributed by atoms with Crippen LogP contribution in [0.3, 0.4) is 0 Å². The fourth-order valence-electron chi connectivity index (χ4n) is 4.99. The zero-order valence-corrected chi connectivity index (χ0v) is 28.3. The number of carbonyl (C=O) groups excluding carboxylic acids is 2. The van der Waals surface area contributed by atoms with E-state index in [9.17, 15) is 19.8 Å². The van der Waals surface area contributed by atoms with Gasteiger partial charge in [0.15, 0.2) is 12.2 Å². The van der Waals surface area contributed by atoms with E-state index in [4.69, 9.17) is 18.9 Å². The molecule has 3 aliphatic heterocycles. The molecule has 0 aromatic carbocycles. The number of hydrogen-bond acceptors (Lipinski definition) is 9. The van der Waals surface area contributed by atoms with E-state index < -0.39 is 37.0 Å². The van der Waals surface area contributed by atoms with Crippen molar-refractivity contribution >= 4 is 11.9 Å². The van der Waals surface area contributed by atoms with Crippen molar-refractivity contribution in [2.75, 3.05) is 33.0 Å². The van der Waals surface area contributed by atoms with Crippen molar-refractivity contribution in [1.29, 1.82) is 0 Å². The maximum Gasteiger partial charge on any atom is 0.306 e. The van der Waals surface area contributed by atoms with Crippen molar-refractivity contribution in [3.63, 3.8) is 0 Å². The van der Waals surface area contributed by atoms with E-state index in [1.165, 1.54) is 77.0 Å². The number of rotatable bonds is 24. The molecule has 9 heteroatoms. The van der Waals surface area contributed by atoms with Crippen LogP contribution in [0.2, 0.25) is 0 Å². The summed E-state index contributed by atoms with van der Waals surface area (Å²) >= 11 is 0. The van der Waals surface area contributed by atoms with E-state index in [0.29, 0.717) is 6.10 Å². The van der Waals surface area contributed by atoms with Crippen LogP contribution in [-0.4, -0.2) is 85.7 Å². The highest BCUT2D eigenvalue weighted by Gasteiger charge is 2.45. The van der Waals surface area contributed by atoms with Gasteiger partial charge < -0.3 is 33.9 Å². The molecule has 3 fully saturated rings. The maximum atomic E-state index is 12.4. The molecule has 5 atom stereocenters. The number of ether oxygens (including phenoxy) is 5. The van der Waals surface area contributed by atoms with Crippen molar-refractivity contribution in [3.8, 4) is 0 Å². The number of carbonyl (C=O) groups is 2. The summed E-state index contributed by atoms with van der Waals surface area (Å²) in [6, 6.07) is 0. The van der Waals surface area contributed by atoms with Gasteiger partial charge in [-0.05, 0) is 19.8 Å². The Morgan fingerprint density at radius 1 is 0.705 bits per heavy atom. The topological polar surface area (TPSA) is 127 Å². The Labute approximate surface area is 268 Å². The van der Waals surface area contributed by atoms with Crippen LogP contribution in [-0.2, 0) is 33.3 Å². The quantitative estimate of drug-likeness (QED) is 0.0670. The second-order valence-corrected chi connectivity index (χ2v) is 12.4. The second-order valence-electron chi connectivity index (χ2n) is 12.4. The normalized spacial score (nSPS) is 22.2. The number of epoxide rings is 2. The predicted molar refractivity (Wildman–Crippen MR) is 173 cm³/mol. The first-order chi connectivity index (χ1) is 21.4. The molecule has 3 aliphatic rings. The summed E-state index contributed by atoms with van der Waals surface area (Å²) in [5.74, 6) is -0.785. The van der Waals surface area contributed by atoms with Crippen molar-refractivity contribution in [1.82, 2.24) is 0 Å². The van der Waals surface area contributed by atoms with E-state index >= 15 is 0 Å². The molecule has 0 bridgehead atoms. The van der Waals surface area contributed by atoms with Crippen LogP contribution in [0.5, 0.6) is 0 Å². The lowest BCUT2D eigenvalue weighted by Crippen LogP contribution is -2.45. The Morgan fingerprint density at radius 3 is 1.50 bits per heavy atom. The second kappa shape index (κ2) is 28.0. The predicted octanol–water partition coefficient (Wildman–Crippen LogP) is 6.83. The number of unbranched alkanes of at least 4 members (excludes halogenated alkanes) is 16.